The minimum Gasteiger partial charge on any atom is -0.496 e. The molecule has 2 aliphatic rings. The van der Waals surface area contributed by atoms with Gasteiger partial charge in [-0.15, -0.1) is 0 Å². The van der Waals surface area contributed by atoms with E-state index in [1.807, 2.05) is 6.07 Å². The second kappa shape index (κ2) is 5.72. The fraction of sp³-hybridized carbons (Fsp3) is 0.625. The minimum absolute atomic E-state index is 0.0979. The van der Waals surface area contributed by atoms with E-state index in [9.17, 15) is 5.11 Å². The van der Waals surface area contributed by atoms with Gasteiger partial charge in [-0.1, -0.05) is 6.07 Å². The number of ether oxygens (including phenoxy) is 1. The van der Waals surface area contributed by atoms with Crippen molar-refractivity contribution in [1.82, 2.24) is 4.90 Å². The summed E-state index contributed by atoms with van der Waals surface area (Å²) in [6, 6.07) is 7.39. The molecule has 0 amide bonds. The average Bonchev–Trinajstić information content (AvgIpc) is 2.70. The standard InChI is InChI=1S/C16H24N2O2/c1-20-16-5-2-11(6-12(16)9-17)10-18-13-3-4-14(18)8-15(19)7-13/h2,5-6,13-15,19H,3-4,7-10,17H2,1H3. The molecule has 4 nitrogen and oxygen atoms in total. The molecule has 3 N–H and O–H groups in total. The molecule has 2 bridgehead atoms. The Bertz CT molecular complexity index is 464. The lowest BCUT2D eigenvalue weighted by molar-refractivity contribution is 0.0310. The van der Waals surface area contributed by atoms with Gasteiger partial charge in [-0.3, -0.25) is 4.90 Å². The lowest BCUT2D eigenvalue weighted by Gasteiger charge is -2.37. The Morgan fingerprint density at radius 1 is 1.30 bits per heavy atom. The number of hydrogen-bond donors (Lipinski definition) is 2. The fourth-order valence-corrected chi connectivity index (χ4v) is 3.80. The number of benzene rings is 1. The van der Waals surface area contributed by atoms with Crippen LogP contribution in [-0.4, -0.2) is 35.3 Å². The average molecular weight is 276 g/mol. The van der Waals surface area contributed by atoms with Crippen LogP contribution in [0.5, 0.6) is 5.75 Å². The van der Waals surface area contributed by atoms with Crippen LogP contribution in [0.4, 0.5) is 0 Å². The maximum Gasteiger partial charge on any atom is 0.123 e. The van der Waals surface area contributed by atoms with Crippen LogP contribution in [0.2, 0.25) is 0 Å². The van der Waals surface area contributed by atoms with E-state index in [4.69, 9.17) is 10.5 Å². The van der Waals surface area contributed by atoms with Crippen LogP contribution in [0.1, 0.15) is 36.8 Å². The van der Waals surface area contributed by atoms with Crippen LogP contribution in [0.15, 0.2) is 18.2 Å². The Morgan fingerprint density at radius 2 is 2.00 bits per heavy atom. The van der Waals surface area contributed by atoms with E-state index in [1.165, 1.54) is 18.4 Å². The molecule has 2 fully saturated rings. The third-order valence-electron chi connectivity index (χ3n) is 4.79. The number of fused-ring (bicyclic) bond motifs is 2. The summed E-state index contributed by atoms with van der Waals surface area (Å²) in [7, 11) is 1.68. The van der Waals surface area contributed by atoms with Gasteiger partial charge < -0.3 is 15.6 Å². The van der Waals surface area contributed by atoms with Crippen molar-refractivity contribution in [3.63, 3.8) is 0 Å². The number of nitrogens with zero attached hydrogens (tertiary/aromatic N) is 1. The molecule has 0 spiro atoms. The summed E-state index contributed by atoms with van der Waals surface area (Å²) in [6.45, 7) is 1.46. The maximum absolute atomic E-state index is 9.86. The first kappa shape index (κ1) is 13.9. The van der Waals surface area contributed by atoms with Crippen LogP contribution in [0.3, 0.4) is 0 Å². The van der Waals surface area contributed by atoms with E-state index in [1.54, 1.807) is 7.11 Å². The number of methoxy groups -OCH3 is 1. The zero-order chi connectivity index (χ0) is 14.1. The molecule has 2 aliphatic heterocycles. The number of hydrogen-bond acceptors (Lipinski definition) is 4. The Morgan fingerprint density at radius 3 is 2.60 bits per heavy atom. The fourth-order valence-electron chi connectivity index (χ4n) is 3.80. The van der Waals surface area contributed by atoms with E-state index in [0.717, 1.165) is 30.7 Å². The smallest absolute Gasteiger partial charge is 0.123 e. The highest BCUT2D eigenvalue weighted by atomic mass is 16.5. The number of rotatable bonds is 4. The van der Waals surface area contributed by atoms with Crippen molar-refractivity contribution in [3.05, 3.63) is 29.3 Å². The van der Waals surface area contributed by atoms with Crippen molar-refractivity contribution in [2.45, 2.75) is 57.0 Å². The summed E-state index contributed by atoms with van der Waals surface area (Å²) in [6.07, 6.45) is 4.20. The van der Waals surface area contributed by atoms with Crippen molar-refractivity contribution >= 4 is 0 Å². The molecule has 0 radical (unpaired) electrons. The summed E-state index contributed by atoms with van der Waals surface area (Å²) in [5, 5.41) is 9.86. The van der Waals surface area contributed by atoms with Crippen LogP contribution in [0.25, 0.3) is 0 Å². The summed E-state index contributed by atoms with van der Waals surface area (Å²) in [4.78, 5) is 2.56. The Labute approximate surface area is 120 Å². The van der Waals surface area contributed by atoms with Gasteiger partial charge in [-0.05, 0) is 43.4 Å². The lowest BCUT2D eigenvalue weighted by atomic mass is 9.98. The number of aliphatic hydroxyl groups is 1. The molecule has 0 aliphatic carbocycles. The summed E-state index contributed by atoms with van der Waals surface area (Å²) in [5.74, 6) is 0.869. The van der Waals surface area contributed by atoms with Gasteiger partial charge >= 0.3 is 0 Å². The summed E-state index contributed by atoms with van der Waals surface area (Å²) >= 11 is 0. The lowest BCUT2D eigenvalue weighted by Crippen LogP contribution is -2.44. The zero-order valence-electron chi connectivity index (χ0n) is 12.1. The quantitative estimate of drug-likeness (QED) is 0.878. The Kier molecular flexibility index (Phi) is 3.96. The molecule has 2 heterocycles. The van der Waals surface area contributed by atoms with Gasteiger partial charge in [0.05, 0.1) is 13.2 Å². The van der Waals surface area contributed by atoms with E-state index >= 15 is 0 Å². The molecule has 2 unspecified atom stereocenters. The molecular weight excluding hydrogens is 252 g/mol. The molecule has 2 saturated heterocycles. The largest absolute Gasteiger partial charge is 0.496 e. The second-order valence-electron chi connectivity index (χ2n) is 6.03. The molecule has 1 aromatic rings. The van der Waals surface area contributed by atoms with Gasteiger partial charge in [0.25, 0.3) is 0 Å². The monoisotopic (exact) mass is 276 g/mol. The molecule has 2 atom stereocenters. The highest BCUT2D eigenvalue weighted by molar-refractivity contribution is 5.37. The predicted octanol–water partition coefficient (Wildman–Crippen LogP) is 1.64. The predicted molar refractivity (Wildman–Crippen MR) is 78.5 cm³/mol. The molecule has 1 aromatic carbocycles. The first-order valence-electron chi connectivity index (χ1n) is 7.51. The number of nitrogens with two attached hydrogens (primary N) is 1. The van der Waals surface area contributed by atoms with Gasteiger partial charge in [0, 0.05) is 30.7 Å². The van der Waals surface area contributed by atoms with Crippen molar-refractivity contribution in [3.8, 4) is 5.75 Å². The SMILES string of the molecule is COc1ccc(CN2C3CCC2CC(O)C3)cc1CN. The molecule has 110 valence electrons. The van der Waals surface area contributed by atoms with Crippen molar-refractivity contribution < 1.29 is 9.84 Å². The van der Waals surface area contributed by atoms with Gasteiger partial charge in [-0.25, -0.2) is 0 Å². The molecule has 20 heavy (non-hydrogen) atoms. The highest BCUT2D eigenvalue weighted by Gasteiger charge is 2.39. The van der Waals surface area contributed by atoms with Crippen molar-refractivity contribution in [2.24, 2.45) is 5.73 Å². The molecular formula is C16H24N2O2. The van der Waals surface area contributed by atoms with Crippen LogP contribution < -0.4 is 10.5 Å². The van der Waals surface area contributed by atoms with Gasteiger partial charge in [0.2, 0.25) is 0 Å². The van der Waals surface area contributed by atoms with E-state index < -0.39 is 0 Å². The van der Waals surface area contributed by atoms with Gasteiger partial charge in [-0.2, -0.15) is 0 Å². The first-order valence-corrected chi connectivity index (χ1v) is 7.51. The van der Waals surface area contributed by atoms with Crippen LogP contribution in [-0.2, 0) is 13.1 Å². The van der Waals surface area contributed by atoms with E-state index in [-0.39, 0.29) is 6.10 Å². The zero-order valence-corrected chi connectivity index (χ0v) is 12.1. The van der Waals surface area contributed by atoms with E-state index in [2.05, 4.69) is 17.0 Å². The topological polar surface area (TPSA) is 58.7 Å². The Hall–Kier alpha value is -1.10. The number of piperidine rings is 1. The highest BCUT2D eigenvalue weighted by Crippen LogP contribution is 2.37. The molecule has 3 rings (SSSR count). The van der Waals surface area contributed by atoms with Crippen molar-refractivity contribution in [2.75, 3.05) is 7.11 Å². The maximum atomic E-state index is 9.86. The molecule has 0 saturated carbocycles. The molecule has 4 heteroatoms. The number of aliphatic hydroxyl groups excluding tert-OH is 1. The first-order chi connectivity index (χ1) is 9.71. The third kappa shape index (κ3) is 2.55. The van der Waals surface area contributed by atoms with E-state index in [0.29, 0.717) is 18.6 Å². The van der Waals surface area contributed by atoms with Gasteiger partial charge in [0.1, 0.15) is 5.75 Å². The van der Waals surface area contributed by atoms with Crippen LogP contribution >= 0.6 is 0 Å². The van der Waals surface area contributed by atoms with Crippen LogP contribution in [0, 0.1) is 0 Å². The third-order valence-corrected chi connectivity index (χ3v) is 4.79. The Balaban J connectivity index is 1.75. The summed E-state index contributed by atoms with van der Waals surface area (Å²) in [5.41, 5.74) is 8.14. The van der Waals surface area contributed by atoms with Crippen molar-refractivity contribution in [1.29, 1.82) is 0 Å². The second-order valence-corrected chi connectivity index (χ2v) is 6.03. The normalized spacial score (nSPS) is 29.6. The minimum atomic E-state index is -0.0979. The summed E-state index contributed by atoms with van der Waals surface area (Å²) < 4.78 is 5.32. The van der Waals surface area contributed by atoms with Gasteiger partial charge in [0.15, 0.2) is 0 Å². The molecule has 0 aromatic heterocycles.